The second-order valence-corrected chi connectivity index (χ2v) is 12.8. The molecule has 1 atom stereocenters. The maximum Gasteiger partial charge on any atom is 0.399 e. The SMILES string of the molecule is COc1ccc(Nc2ccc(NC(=O)C(Cc3ccc(C(F)(F)P(=O)(O)O)cc3)NS(=O)(=O)c3ccccc3)cc2)cc1. The summed E-state index contributed by atoms with van der Waals surface area (Å²) in [5.41, 5.74) is -3.18. The van der Waals surface area contributed by atoms with Gasteiger partial charge in [0.2, 0.25) is 15.9 Å². The lowest BCUT2D eigenvalue weighted by Crippen LogP contribution is -2.45. The van der Waals surface area contributed by atoms with Gasteiger partial charge in [0.05, 0.1) is 12.0 Å². The number of amides is 1. The topological polar surface area (TPSA) is 154 Å². The van der Waals surface area contributed by atoms with Crippen molar-refractivity contribution in [1.82, 2.24) is 4.72 Å². The van der Waals surface area contributed by atoms with E-state index in [1.807, 2.05) is 12.1 Å². The van der Waals surface area contributed by atoms with Crippen LogP contribution in [0.25, 0.3) is 0 Å². The highest BCUT2D eigenvalue weighted by atomic mass is 32.2. The van der Waals surface area contributed by atoms with E-state index in [9.17, 15) is 26.6 Å². The molecule has 0 spiro atoms. The number of nitrogens with one attached hydrogen (secondary N) is 3. The molecule has 0 heterocycles. The number of benzene rings is 4. The lowest BCUT2D eigenvalue weighted by Gasteiger charge is -2.20. The predicted molar refractivity (Wildman–Crippen MR) is 158 cm³/mol. The summed E-state index contributed by atoms with van der Waals surface area (Å²) in [6.45, 7) is 0. The molecule has 0 saturated carbocycles. The quantitative estimate of drug-likeness (QED) is 0.134. The van der Waals surface area contributed by atoms with Crippen LogP contribution in [0, 0.1) is 0 Å². The first-order valence-corrected chi connectivity index (χ1v) is 15.8. The summed E-state index contributed by atoms with van der Waals surface area (Å²) >= 11 is 0. The van der Waals surface area contributed by atoms with Gasteiger partial charge in [-0.05, 0) is 72.6 Å². The highest BCUT2D eigenvalue weighted by molar-refractivity contribution is 7.89. The molecule has 0 fully saturated rings. The fourth-order valence-electron chi connectivity index (χ4n) is 4.00. The van der Waals surface area contributed by atoms with Crippen LogP contribution >= 0.6 is 7.60 Å². The van der Waals surface area contributed by atoms with Gasteiger partial charge in [0.25, 0.3) is 0 Å². The molecule has 0 bridgehead atoms. The van der Waals surface area contributed by atoms with Crippen LogP contribution in [-0.2, 0) is 31.5 Å². The lowest BCUT2D eigenvalue weighted by atomic mass is 10.0. The van der Waals surface area contributed by atoms with Gasteiger partial charge in [-0.2, -0.15) is 13.5 Å². The summed E-state index contributed by atoms with van der Waals surface area (Å²) in [6, 6.07) is 23.8. The van der Waals surface area contributed by atoms with Gasteiger partial charge >= 0.3 is 13.3 Å². The van der Waals surface area contributed by atoms with Crippen LogP contribution in [0.1, 0.15) is 11.1 Å². The van der Waals surface area contributed by atoms with Crippen molar-refractivity contribution in [1.29, 1.82) is 0 Å². The van der Waals surface area contributed by atoms with Crippen molar-refractivity contribution in [2.45, 2.75) is 23.0 Å². The number of hydrogen-bond acceptors (Lipinski definition) is 6. The van der Waals surface area contributed by atoms with E-state index in [-0.39, 0.29) is 16.9 Å². The van der Waals surface area contributed by atoms with Crippen LogP contribution in [0.15, 0.2) is 108 Å². The Hall–Kier alpha value is -4.13. The third kappa shape index (κ3) is 8.04. The first-order valence-electron chi connectivity index (χ1n) is 12.7. The Morgan fingerprint density at radius 2 is 1.40 bits per heavy atom. The van der Waals surface area contributed by atoms with Crippen molar-refractivity contribution < 1.29 is 41.1 Å². The number of hydrogen-bond donors (Lipinski definition) is 5. The van der Waals surface area contributed by atoms with Gasteiger partial charge in [-0.15, -0.1) is 0 Å². The average molecular weight is 632 g/mol. The molecule has 0 aromatic heterocycles. The lowest BCUT2D eigenvalue weighted by molar-refractivity contribution is -0.117. The van der Waals surface area contributed by atoms with Crippen LogP contribution < -0.4 is 20.1 Å². The molecule has 1 unspecified atom stereocenters. The molecule has 0 radical (unpaired) electrons. The Bertz CT molecular complexity index is 1700. The highest BCUT2D eigenvalue weighted by Crippen LogP contribution is 2.59. The summed E-state index contributed by atoms with van der Waals surface area (Å²) in [6.07, 6.45) is -0.253. The molecule has 0 saturated heterocycles. The van der Waals surface area contributed by atoms with Gasteiger partial charge in [-0.3, -0.25) is 9.36 Å². The molecule has 14 heteroatoms. The number of sulfonamides is 1. The average Bonchev–Trinajstić information content (AvgIpc) is 2.98. The Morgan fingerprint density at radius 1 is 0.860 bits per heavy atom. The van der Waals surface area contributed by atoms with E-state index in [4.69, 9.17) is 14.5 Å². The largest absolute Gasteiger partial charge is 0.497 e. The van der Waals surface area contributed by atoms with Crippen LogP contribution in [-0.4, -0.2) is 37.3 Å². The second kappa shape index (κ2) is 13.0. The summed E-state index contributed by atoms with van der Waals surface area (Å²) in [4.78, 5) is 31.2. The zero-order valence-corrected chi connectivity index (χ0v) is 24.4. The predicted octanol–water partition coefficient (Wildman–Crippen LogP) is 5.19. The molecule has 4 rings (SSSR count). The number of carbonyl (C=O) groups is 1. The second-order valence-electron chi connectivity index (χ2n) is 9.39. The molecule has 5 N–H and O–H groups in total. The zero-order valence-electron chi connectivity index (χ0n) is 22.6. The van der Waals surface area contributed by atoms with Gasteiger partial charge in [0.1, 0.15) is 11.8 Å². The maximum absolute atomic E-state index is 14.1. The van der Waals surface area contributed by atoms with Crippen molar-refractivity contribution in [2.75, 3.05) is 17.7 Å². The summed E-state index contributed by atoms with van der Waals surface area (Å²) < 4.78 is 73.0. The first-order chi connectivity index (χ1) is 20.3. The van der Waals surface area contributed by atoms with Crippen LogP contribution in [0.4, 0.5) is 25.8 Å². The standard InChI is InChI=1S/C29H28F2N3O7PS/c1-41-25-17-15-23(16-18-25)32-22-11-13-24(14-12-22)33-28(35)27(34-43(39,40)26-5-3-2-4-6-26)19-20-7-9-21(10-8-20)29(30,31)42(36,37)38/h2-18,27,32,34H,19H2,1H3,(H,33,35)(H2,36,37,38). The minimum atomic E-state index is -5.78. The molecular formula is C29H28F2N3O7PS. The van der Waals surface area contributed by atoms with E-state index in [0.717, 1.165) is 35.6 Å². The number of methoxy groups -OCH3 is 1. The fourth-order valence-corrected chi connectivity index (χ4v) is 5.70. The Kier molecular flexibility index (Phi) is 9.63. The summed E-state index contributed by atoms with van der Waals surface area (Å²) in [5, 5.41) is 5.87. The molecule has 4 aromatic rings. The van der Waals surface area contributed by atoms with E-state index in [1.54, 1.807) is 49.6 Å². The van der Waals surface area contributed by atoms with Crippen molar-refractivity contribution >= 4 is 40.6 Å². The molecule has 0 aliphatic carbocycles. The molecular weight excluding hydrogens is 603 g/mol. The van der Waals surface area contributed by atoms with Crippen LogP contribution in [0.3, 0.4) is 0 Å². The zero-order chi connectivity index (χ0) is 31.3. The molecule has 0 aliphatic heterocycles. The monoisotopic (exact) mass is 631 g/mol. The van der Waals surface area contributed by atoms with Crippen LogP contribution in [0.2, 0.25) is 0 Å². The highest BCUT2D eigenvalue weighted by Gasteiger charge is 2.50. The van der Waals surface area contributed by atoms with Crippen LogP contribution in [0.5, 0.6) is 5.75 Å². The van der Waals surface area contributed by atoms with Crippen molar-refractivity contribution in [3.8, 4) is 5.75 Å². The minimum absolute atomic E-state index is 0.0848. The Morgan fingerprint density at radius 3 is 1.93 bits per heavy atom. The number of ether oxygens (including phenoxy) is 1. The number of alkyl halides is 2. The van der Waals surface area contributed by atoms with E-state index in [0.29, 0.717) is 11.4 Å². The number of rotatable bonds is 12. The smallest absolute Gasteiger partial charge is 0.399 e. The number of carbonyl (C=O) groups excluding carboxylic acids is 1. The van der Waals surface area contributed by atoms with Gasteiger partial charge < -0.3 is 25.2 Å². The summed E-state index contributed by atoms with van der Waals surface area (Å²) in [5.74, 6) is -0.0175. The normalized spacial score (nSPS) is 12.8. The molecule has 1 amide bonds. The molecule has 43 heavy (non-hydrogen) atoms. The van der Waals surface area contributed by atoms with Gasteiger partial charge in [-0.25, -0.2) is 8.42 Å². The minimum Gasteiger partial charge on any atom is -0.497 e. The van der Waals surface area contributed by atoms with Gasteiger partial charge in [-0.1, -0.05) is 42.5 Å². The number of halogens is 2. The molecule has 226 valence electrons. The third-order valence-corrected chi connectivity index (χ3v) is 8.78. The molecule has 4 aromatic carbocycles. The number of anilines is 3. The third-order valence-electron chi connectivity index (χ3n) is 6.31. The maximum atomic E-state index is 14.1. The Labute approximate surface area is 246 Å². The molecule has 10 nitrogen and oxygen atoms in total. The van der Waals surface area contributed by atoms with E-state index < -0.39 is 40.8 Å². The molecule has 0 aliphatic rings. The fraction of sp³-hybridized carbons (Fsp3) is 0.138. The van der Waals surface area contributed by atoms with Gasteiger partial charge in [0.15, 0.2) is 0 Å². The van der Waals surface area contributed by atoms with Crippen molar-refractivity contribution in [3.05, 3.63) is 114 Å². The van der Waals surface area contributed by atoms with Crippen molar-refractivity contribution in [3.63, 3.8) is 0 Å². The van der Waals surface area contributed by atoms with E-state index in [2.05, 4.69) is 15.4 Å². The van der Waals surface area contributed by atoms with Gasteiger partial charge in [0, 0.05) is 22.6 Å². The van der Waals surface area contributed by atoms with E-state index >= 15 is 0 Å². The summed E-state index contributed by atoms with van der Waals surface area (Å²) in [7, 11) is -8.37. The Balaban J connectivity index is 1.53. The van der Waals surface area contributed by atoms with Crippen molar-refractivity contribution in [2.24, 2.45) is 0 Å². The van der Waals surface area contributed by atoms with E-state index in [1.165, 1.54) is 24.3 Å². The first kappa shape index (κ1) is 31.8.